The second kappa shape index (κ2) is 6.06. The summed E-state index contributed by atoms with van der Waals surface area (Å²) in [6.07, 6.45) is 0. The first kappa shape index (κ1) is 14.5. The van der Waals surface area contributed by atoms with Gasteiger partial charge in [0.2, 0.25) is 0 Å². The lowest BCUT2D eigenvalue weighted by atomic mass is 10.2. The summed E-state index contributed by atoms with van der Waals surface area (Å²) in [5.41, 5.74) is -0.0964. The van der Waals surface area contributed by atoms with Gasteiger partial charge in [0.25, 0.3) is 5.69 Å². The van der Waals surface area contributed by atoms with E-state index in [1.54, 1.807) is 6.07 Å². The fraction of sp³-hybridized carbons (Fsp3) is 0. The molecule has 0 fully saturated rings. The number of nitro benzene ring substituents is 1. The number of hydrogen-bond donors (Lipinski definition) is 1. The van der Waals surface area contributed by atoms with Crippen molar-refractivity contribution >= 4 is 39.3 Å². The SMILES string of the molecule is O=C(O)c1ccc([N+](=O)[O-])cc1Sc1ccccc1Br. The summed E-state index contributed by atoms with van der Waals surface area (Å²) in [6, 6.07) is 11.0. The maximum absolute atomic E-state index is 11.2. The van der Waals surface area contributed by atoms with Crippen LogP contribution in [0.25, 0.3) is 0 Å². The summed E-state index contributed by atoms with van der Waals surface area (Å²) in [4.78, 5) is 22.6. The van der Waals surface area contributed by atoms with Crippen LogP contribution in [-0.2, 0) is 0 Å². The van der Waals surface area contributed by atoms with Crippen molar-refractivity contribution in [3.63, 3.8) is 0 Å². The first-order chi connectivity index (χ1) is 9.49. The lowest BCUT2D eigenvalue weighted by Gasteiger charge is -2.07. The second-order valence-corrected chi connectivity index (χ2v) is 5.71. The monoisotopic (exact) mass is 353 g/mol. The second-order valence-electron chi connectivity index (χ2n) is 3.78. The molecule has 0 aliphatic carbocycles. The van der Waals surface area contributed by atoms with E-state index in [-0.39, 0.29) is 11.3 Å². The predicted molar refractivity (Wildman–Crippen MR) is 78.3 cm³/mol. The predicted octanol–water partition coefficient (Wildman–Crippen LogP) is 4.21. The van der Waals surface area contributed by atoms with E-state index in [9.17, 15) is 14.9 Å². The standard InChI is InChI=1S/C13H8BrNO4S/c14-10-3-1-2-4-11(10)20-12-7-8(15(18)19)5-6-9(12)13(16)17/h1-7H,(H,16,17). The van der Waals surface area contributed by atoms with Crippen LogP contribution in [0.4, 0.5) is 5.69 Å². The van der Waals surface area contributed by atoms with Crippen molar-refractivity contribution in [3.8, 4) is 0 Å². The van der Waals surface area contributed by atoms with Crippen LogP contribution >= 0.6 is 27.7 Å². The molecule has 5 nitrogen and oxygen atoms in total. The van der Waals surface area contributed by atoms with Gasteiger partial charge in [-0.25, -0.2) is 4.79 Å². The molecule has 0 unspecified atom stereocenters. The van der Waals surface area contributed by atoms with Gasteiger partial charge in [0.1, 0.15) is 0 Å². The maximum atomic E-state index is 11.2. The summed E-state index contributed by atoms with van der Waals surface area (Å²) >= 11 is 4.53. The molecular formula is C13H8BrNO4S. The fourth-order valence-electron chi connectivity index (χ4n) is 1.53. The molecule has 0 saturated carbocycles. The van der Waals surface area contributed by atoms with E-state index in [0.717, 1.165) is 9.37 Å². The maximum Gasteiger partial charge on any atom is 0.336 e. The summed E-state index contributed by atoms with van der Waals surface area (Å²) in [5, 5.41) is 19.9. The van der Waals surface area contributed by atoms with Crippen molar-refractivity contribution in [2.45, 2.75) is 9.79 Å². The van der Waals surface area contributed by atoms with Crippen LogP contribution < -0.4 is 0 Å². The quantitative estimate of drug-likeness (QED) is 0.657. The lowest BCUT2D eigenvalue weighted by Crippen LogP contribution is -2.00. The zero-order valence-electron chi connectivity index (χ0n) is 9.95. The molecule has 20 heavy (non-hydrogen) atoms. The highest BCUT2D eigenvalue weighted by Gasteiger charge is 2.17. The smallest absolute Gasteiger partial charge is 0.336 e. The fourth-order valence-corrected chi connectivity index (χ4v) is 3.05. The molecule has 0 amide bonds. The van der Waals surface area contributed by atoms with Crippen LogP contribution in [0.5, 0.6) is 0 Å². The normalized spacial score (nSPS) is 10.2. The zero-order valence-corrected chi connectivity index (χ0v) is 12.3. The molecule has 0 spiro atoms. The highest BCUT2D eigenvalue weighted by Crippen LogP contribution is 2.36. The molecule has 102 valence electrons. The van der Waals surface area contributed by atoms with Gasteiger partial charge in [0.15, 0.2) is 0 Å². The van der Waals surface area contributed by atoms with E-state index in [1.807, 2.05) is 18.2 Å². The van der Waals surface area contributed by atoms with Gasteiger partial charge < -0.3 is 5.11 Å². The Morgan fingerprint density at radius 1 is 1.20 bits per heavy atom. The average Bonchev–Trinajstić information content (AvgIpc) is 2.41. The van der Waals surface area contributed by atoms with Crippen LogP contribution in [0.15, 0.2) is 56.7 Å². The number of non-ortho nitro benzene ring substituents is 1. The van der Waals surface area contributed by atoms with Gasteiger partial charge in [0.05, 0.1) is 10.5 Å². The minimum absolute atomic E-state index is 0.0383. The molecular weight excluding hydrogens is 346 g/mol. The largest absolute Gasteiger partial charge is 0.478 e. The minimum Gasteiger partial charge on any atom is -0.478 e. The summed E-state index contributed by atoms with van der Waals surface area (Å²) in [6.45, 7) is 0. The number of hydrogen-bond acceptors (Lipinski definition) is 4. The zero-order chi connectivity index (χ0) is 14.7. The number of carboxylic acid groups (broad SMARTS) is 1. The molecule has 0 heterocycles. The van der Waals surface area contributed by atoms with Crippen molar-refractivity contribution < 1.29 is 14.8 Å². The van der Waals surface area contributed by atoms with Gasteiger partial charge in [-0.3, -0.25) is 10.1 Å². The minimum atomic E-state index is -1.12. The molecule has 0 saturated heterocycles. The number of rotatable bonds is 4. The first-order valence-corrected chi connectivity index (χ1v) is 7.04. The molecule has 1 N–H and O–H groups in total. The third kappa shape index (κ3) is 3.17. The third-order valence-corrected chi connectivity index (χ3v) is 4.55. The van der Waals surface area contributed by atoms with Crippen molar-refractivity contribution in [1.29, 1.82) is 0 Å². The van der Waals surface area contributed by atoms with Crippen molar-refractivity contribution in [1.82, 2.24) is 0 Å². The number of carbonyl (C=O) groups is 1. The van der Waals surface area contributed by atoms with Gasteiger partial charge in [0, 0.05) is 26.4 Å². The van der Waals surface area contributed by atoms with Gasteiger partial charge in [-0.15, -0.1) is 0 Å². The van der Waals surface area contributed by atoms with E-state index in [2.05, 4.69) is 15.9 Å². The van der Waals surface area contributed by atoms with Gasteiger partial charge >= 0.3 is 5.97 Å². The summed E-state index contributed by atoms with van der Waals surface area (Å²) < 4.78 is 0.799. The highest BCUT2D eigenvalue weighted by atomic mass is 79.9. The molecule has 7 heteroatoms. The highest BCUT2D eigenvalue weighted by molar-refractivity contribution is 9.10. The molecule has 0 radical (unpaired) electrons. The molecule has 0 aliphatic rings. The molecule has 0 aliphatic heterocycles. The third-order valence-electron chi connectivity index (χ3n) is 2.46. The molecule has 2 rings (SSSR count). The average molecular weight is 354 g/mol. The Kier molecular flexibility index (Phi) is 4.41. The molecule has 2 aromatic rings. The summed E-state index contributed by atoms with van der Waals surface area (Å²) in [5.74, 6) is -1.12. The molecule has 0 bridgehead atoms. The number of carboxylic acids is 1. The Hall–Kier alpha value is -1.86. The van der Waals surface area contributed by atoms with Crippen LogP contribution in [0.3, 0.4) is 0 Å². The Morgan fingerprint density at radius 2 is 1.90 bits per heavy atom. The van der Waals surface area contributed by atoms with E-state index < -0.39 is 10.9 Å². The molecule has 0 aromatic heterocycles. The van der Waals surface area contributed by atoms with Crippen LogP contribution in [0.1, 0.15) is 10.4 Å². The van der Waals surface area contributed by atoms with Crippen molar-refractivity contribution in [2.24, 2.45) is 0 Å². The van der Waals surface area contributed by atoms with Gasteiger partial charge in [-0.2, -0.15) is 0 Å². The van der Waals surface area contributed by atoms with Crippen LogP contribution in [-0.4, -0.2) is 16.0 Å². The number of benzene rings is 2. The van der Waals surface area contributed by atoms with Gasteiger partial charge in [-0.05, 0) is 34.1 Å². The van der Waals surface area contributed by atoms with Crippen LogP contribution in [0, 0.1) is 10.1 Å². The summed E-state index contributed by atoms with van der Waals surface area (Å²) in [7, 11) is 0. The molecule has 0 atom stereocenters. The van der Waals surface area contributed by atoms with Crippen LogP contribution in [0.2, 0.25) is 0 Å². The van der Waals surface area contributed by atoms with Gasteiger partial charge in [-0.1, -0.05) is 23.9 Å². The Balaban J connectivity index is 2.48. The van der Waals surface area contributed by atoms with E-state index in [1.165, 1.54) is 30.0 Å². The number of aromatic carboxylic acids is 1. The topological polar surface area (TPSA) is 80.4 Å². The lowest BCUT2D eigenvalue weighted by molar-refractivity contribution is -0.385. The molecule has 2 aromatic carbocycles. The Morgan fingerprint density at radius 3 is 2.50 bits per heavy atom. The van der Waals surface area contributed by atoms with Crippen molar-refractivity contribution in [2.75, 3.05) is 0 Å². The van der Waals surface area contributed by atoms with E-state index in [0.29, 0.717) is 4.90 Å². The Bertz CT molecular complexity index is 690. The first-order valence-electron chi connectivity index (χ1n) is 5.43. The van der Waals surface area contributed by atoms with E-state index in [4.69, 9.17) is 5.11 Å². The number of nitrogens with zero attached hydrogens (tertiary/aromatic N) is 1. The van der Waals surface area contributed by atoms with E-state index >= 15 is 0 Å². The Labute approximate surface area is 126 Å². The number of halogens is 1. The number of nitro groups is 1. The van der Waals surface area contributed by atoms with Crippen molar-refractivity contribution in [3.05, 3.63) is 62.6 Å².